The van der Waals surface area contributed by atoms with Crippen LogP contribution in [0.5, 0.6) is 0 Å². The maximum absolute atomic E-state index is 12.9. The maximum atomic E-state index is 12.9. The van der Waals surface area contributed by atoms with E-state index in [-0.39, 0.29) is 9.92 Å². The van der Waals surface area contributed by atoms with E-state index in [0.717, 1.165) is 15.8 Å². The van der Waals surface area contributed by atoms with Crippen molar-refractivity contribution in [1.82, 2.24) is 18.6 Å². The molecule has 0 unspecified atom stereocenters. The van der Waals surface area contributed by atoms with Gasteiger partial charge < -0.3 is 4.40 Å². The van der Waals surface area contributed by atoms with E-state index in [1.165, 1.54) is 4.31 Å². The van der Waals surface area contributed by atoms with Gasteiger partial charge in [-0.15, -0.1) is 0 Å². The number of rotatable bonds is 4. The van der Waals surface area contributed by atoms with Crippen molar-refractivity contribution in [3.63, 3.8) is 0 Å². The predicted molar refractivity (Wildman–Crippen MR) is 108 cm³/mol. The molecule has 0 bridgehead atoms. The van der Waals surface area contributed by atoms with Crippen LogP contribution >= 0.6 is 27.5 Å². The van der Waals surface area contributed by atoms with Gasteiger partial charge in [0.25, 0.3) is 0 Å². The number of hydrogen-bond acceptors (Lipinski definition) is 4. The highest BCUT2D eigenvalue weighted by Crippen LogP contribution is 2.28. The molecule has 0 radical (unpaired) electrons. The van der Waals surface area contributed by atoms with Crippen LogP contribution in [0.4, 0.5) is 0 Å². The van der Waals surface area contributed by atoms with E-state index in [4.69, 9.17) is 11.6 Å². The first-order valence-corrected chi connectivity index (χ1v) is 11.1. The minimum absolute atomic E-state index is 0.154. The molecule has 1 fully saturated rings. The Bertz CT molecular complexity index is 1040. The lowest BCUT2D eigenvalue weighted by atomic mass is 10.3. The summed E-state index contributed by atoms with van der Waals surface area (Å²) in [6.07, 6.45) is 3.98. The molecule has 0 aliphatic carbocycles. The van der Waals surface area contributed by atoms with Crippen LogP contribution in [-0.4, -0.2) is 53.2 Å². The molecule has 1 aromatic carbocycles. The van der Waals surface area contributed by atoms with Crippen LogP contribution in [0.15, 0.2) is 58.2 Å². The van der Waals surface area contributed by atoms with Gasteiger partial charge in [-0.3, -0.25) is 4.90 Å². The predicted octanol–water partition coefficient (Wildman–Crippen LogP) is 3.26. The Balaban J connectivity index is 1.43. The van der Waals surface area contributed by atoms with Crippen molar-refractivity contribution in [3.8, 4) is 0 Å². The Hall–Kier alpha value is -1.45. The zero-order valence-corrected chi connectivity index (χ0v) is 17.6. The molecule has 0 amide bonds. The molecule has 27 heavy (non-hydrogen) atoms. The minimum Gasteiger partial charge on any atom is -0.307 e. The number of nitrogens with zero attached hydrogens (tertiary/aromatic N) is 4. The number of sulfonamides is 1. The van der Waals surface area contributed by atoms with Crippen molar-refractivity contribution in [2.75, 3.05) is 26.2 Å². The lowest BCUT2D eigenvalue weighted by Crippen LogP contribution is -2.48. The number of halogens is 2. The largest absolute Gasteiger partial charge is 0.307 e. The molecular weight excluding hydrogens is 452 g/mol. The number of hydrogen-bond donors (Lipinski definition) is 0. The third kappa shape index (κ3) is 3.90. The second-order valence-corrected chi connectivity index (χ2v) is 9.68. The number of piperazine rings is 1. The zero-order valence-electron chi connectivity index (χ0n) is 14.4. The molecule has 142 valence electrons. The van der Waals surface area contributed by atoms with Crippen molar-refractivity contribution in [3.05, 3.63) is 64.0 Å². The molecule has 4 rings (SSSR count). The third-order valence-corrected chi connectivity index (χ3v) is 7.52. The SMILES string of the molecule is O=S(=O)(c1ccc(Br)cc1Cl)N1CCN(Cc2cn3ccccc3n2)CC1. The Morgan fingerprint density at radius 1 is 1.11 bits per heavy atom. The Kier molecular flexibility index (Phi) is 5.26. The topological polar surface area (TPSA) is 57.9 Å². The fraction of sp³-hybridized carbons (Fsp3) is 0.278. The molecule has 0 N–H and O–H groups in total. The third-order valence-electron chi connectivity index (χ3n) is 4.64. The Morgan fingerprint density at radius 3 is 2.59 bits per heavy atom. The molecule has 6 nitrogen and oxygen atoms in total. The van der Waals surface area contributed by atoms with Crippen molar-refractivity contribution in [1.29, 1.82) is 0 Å². The van der Waals surface area contributed by atoms with Crippen molar-refractivity contribution in [2.45, 2.75) is 11.4 Å². The van der Waals surface area contributed by atoms with E-state index >= 15 is 0 Å². The maximum Gasteiger partial charge on any atom is 0.244 e. The number of fused-ring (bicyclic) bond motifs is 1. The highest BCUT2D eigenvalue weighted by molar-refractivity contribution is 9.10. The highest BCUT2D eigenvalue weighted by Gasteiger charge is 2.30. The lowest BCUT2D eigenvalue weighted by Gasteiger charge is -2.33. The van der Waals surface area contributed by atoms with Crippen molar-refractivity contribution >= 4 is 43.2 Å². The van der Waals surface area contributed by atoms with Crippen LogP contribution < -0.4 is 0 Å². The molecule has 0 spiro atoms. The minimum atomic E-state index is -3.59. The van der Waals surface area contributed by atoms with E-state index in [0.29, 0.717) is 32.7 Å². The highest BCUT2D eigenvalue weighted by atomic mass is 79.9. The molecule has 3 aromatic rings. The average Bonchev–Trinajstić information content (AvgIpc) is 3.04. The standard InChI is InChI=1S/C18H18BrClN4O2S/c19-14-4-5-17(16(20)11-14)27(25,26)24-9-7-22(8-10-24)12-15-13-23-6-2-1-3-18(23)21-15/h1-6,11,13H,7-10,12H2. The molecule has 1 aliphatic rings. The summed E-state index contributed by atoms with van der Waals surface area (Å²) in [4.78, 5) is 6.98. The zero-order chi connectivity index (χ0) is 19.0. The van der Waals surface area contributed by atoms with E-state index < -0.39 is 10.0 Å². The van der Waals surface area contributed by atoms with Gasteiger partial charge >= 0.3 is 0 Å². The van der Waals surface area contributed by atoms with Gasteiger partial charge in [-0.1, -0.05) is 33.6 Å². The molecule has 1 aliphatic heterocycles. The van der Waals surface area contributed by atoms with Crippen LogP contribution in [0.25, 0.3) is 5.65 Å². The second kappa shape index (κ2) is 7.52. The van der Waals surface area contributed by atoms with Crippen LogP contribution in [0.2, 0.25) is 5.02 Å². The molecule has 3 heterocycles. The van der Waals surface area contributed by atoms with Crippen LogP contribution in [0.3, 0.4) is 0 Å². The summed E-state index contributed by atoms with van der Waals surface area (Å²) in [5.74, 6) is 0. The molecular formula is C18H18BrClN4O2S. The number of pyridine rings is 1. The summed E-state index contributed by atoms with van der Waals surface area (Å²) < 4.78 is 30.0. The van der Waals surface area contributed by atoms with E-state index in [1.54, 1.807) is 18.2 Å². The smallest absolute Gasteiger partial charge is 0.244 e. The monoisotopic (exact) mass is 468 g/mol. The fourth-order valence-corrected chi connectivity index (χ4v) is 5.68. The summed E-state index contributed by atoms with van der Waals surface area (Å²) in [5, 5.41) is 0.233. The first kappa shape index (κ1) is 18.9. The van der Waals surface area contributed by atoms with Gasteiger partial charge in [0.15, 0.2) is 0 Å². The molecule has 0 saturated carbocycles. The summed E-state index contributed by atoms with van der Waals surface area (Å²) in [6, 6.07) is 10.7. The van der Waals surface area contributed by atoms with E-state index in [9.17, 15) is 8.42 Å². The van der Waals surface area contributed by atoms with Gasteiger partial charge in [-0.05, 0) is 30.3 Å². The summed E-state index contributed by atoms with van der Waals surface area (Å²) in [5.41, 5.74) is 1.90. The van der Waals surface area contributed by atoms with Gasteiger partial charge in [0, 0.05) is 49.6 Å². The van der Waals surface area contributed by atoms with E-state index in [1.807, 2.05) is 35.0 Å². The normalized spacial score (nSPS) is 16.8. The molecule has 1 saturated heterocycles. The van der Waals surface area contributed by atoms with Crippen LogP contribution in [0, 0.1) is 0 Å². The summed E-state index contributed by atoms with van der Waals surface area (Å²) in [7, 11) is -3.59. The number of imidazole rings is 1. The fourth-order valence-electron chi connectivity index (χ4n) is 3.24. The first-order valence-electron chi connectivity index (χ1n) is 8.54. The lowest BCUT2D eigenvalue weighted by molar-refractivity contribution is 0.180. The van der Waals surface area contributed by atoms with Gasteiger partial charge in [-0.25, -0.2) is 13.4 Å². The average molecular weight is 470 g/mol. The second-order valence-electron chi connectivity index (χ2n) is 6.45. The van der Waals surface area contributed by atoms with Crippen molar-refractivity contribution in [2.24, 2.45) is 0 Å². The molecule has 9 heteroatoms. The Labute approximate surface area is 171 Å². The van der Waals surface area contributed by atoms with Gasteiger partial charge in [0.1, 0.15) is 10.5 Å². The van der Waals surface area contributed by atoms with Crippen LogP contribution in [-0.2, 0) is 16.6 Å². The first-order chi connectivity index (χ1) is 12.9. The quantitative estimate of drug-likeness (QED) is 0.588. The number of aromatic nitrogens is 2. The van der Waals surface area contributed by atoms with Gasteiger partial charge in [-0.2, -0.15) is 4.31 Å². The summed E-state index contributed by atoms with van der Waals surface area (Å²) >= 11 is 9.45. The Morgan fingerprint density at radius 2 is 1.89 bits per heavy atom. The summed E-state index contributed by atoms with van der Waals surface area (Å²) in [6.45, 7) is 2.88. The van der Waals surface area contributed by atoms with Gasteiger partial charge in [0.05, 0.1) is 10.7 Å². The molecule has 2 aromatic heterocycles. The van der Waals surface area contributed by atoms with Crippen molar-refractivity contribution < 1.29 is 8.42 Å². The van der Waals surface area contributed by atoms with E-state index in [2.05, 4.69) is 25.8 Å². The van der Waals surface area contributed by atoms with Crippen LogP contribution in [0.1, 0.15) is 5.69 Å². The number of benzene rings is 1. The molecule has 0 atom stereocenters. The van der Waals surface area contributed by atoms with Gasteiger partial charge in [0.2, 0.25) is 10.0 Å².